The summed E-state index contributed by atoms with van der Waals surface area (Å²) in [5.74, 6) is 0.130. The van der Waals surface area contributed by atoms with E-state index in [1.54, 1.807) is 49.4 Å². The van der Waals surface area contributed by atoms with Gasteiger partial charge in [0.05, 0.1) is 29.0 Å². The van der Waals surface area contributed by atoms with Crippen LogP contribution in [0.3, 0.4) is 0 Å². The Morgan fingerprint density at radius 3 is 2.54 bits per heavy atom. The number of fused-ring (bicyclic) bond motifs is 1. The molecular formula is C21H22N2O4S. The molecule has 0 saturated heterocycles. The highest BCUT2D eigenvalue weighted by molar-refractivity contribution is 7.22. The molecule has 0 radical (unpaired) electrons. The zero-order chi connectivity index (χ0) is 19.9. The number of hydrogen-bond acceptors (Lipinski definition) is 6. The summed E-state index contributed by atoms with van der Waals surface area (Å²) in [5.41, 5.74) is 1.71. The number of anilines is 1. The van der Waals surface area contributed by atoms with Gasteiger partial charge in [0.1, 0.15) is 5.75 Å². The van der Waals surface area contributed by atoms with E-state index in [0.29, 0.717) is 35.0 Å². The van der Waals surface area contributed by atoms with E-state index in [-0.39, 0.29) is 11.9 Å². The predicted octanol–water partition coefficient (Wildman–Crippen LogP) is 4.90. The van der Waals surface area contributed by atoms with Gasteiger partial charge in [-0.05, 0) is 55.8 Å². The third-order valence-electron chi connectivity index (χ3n) is 4.00. The van der Waals surface area contributed by atoms with Gasteiger partial charge >= 0.3 is 5.97 Å². The van der Waals surface area contributed by atoms with Crippen molar-refractivity contribution < 1.29 is 19.1 Å². The second kappa shape index (κ2) is 9.32. The van der Waals surface area contributed by atoms with Crippen LogP contribution in [0.5, 0.6) is 5.75 Å². The van der Waals surface area contributed by atoms with Crippen LogP contribution in [0.1, 0.15) is 47.4 Å². The number of thiazole rings is 1. The fourth-order valence-corrected chi connectivity index (χ4v) is 3.43. The number of nitrogens with one attached hydrogen (secondary N) is 1. The van der Waals surface area contributed by atoms with Crippen molar-refractivity contribution in [2.24, 2.45) is 0 Å². The van der Waals surface area contributed by atoms with E-state index in [2.05, 4.69) is 17.2 Å². The van der Waals surface area contributed by atoms with Crippen molar-refractivity contribution >= 4 is 38.6 Å². The normalized spacial score (nSPS) is 10.6. The Morgan fingerprint density at radius 1 is 1.07 bits per heavy atom. The van der Waals surface area contributed by atoms with E-state index in [0.717, 1.165) is 23.3 Å². The summed E-state index contributed by atoms with van der Waals surface area (Å²) < 4.78 is 11.4. The van der Waals surface area contributed by atoms with Crippen molar-refractivity contribution in [3.63, 3.8) is 0 Å². The van der Waals surface area contributed by atoms with Crippen molar-refractivity contribution in [1.29, 1.82) is 0 Å². The molecule has 0 aliphatic rings. The molecule has 1 N–H and O–H groups in total. The van der Waals surface area contributed by atoms with Crippen LogP contribution in [0.25, 0.3) is 10.2 Å². The van der Waals surface area contributed by atoms with Gasteiger partial charge in [-0.15, -0.1) is 0 Å². The monoisotopic (exact) mass is 398 g/mol. The Kier molecular flexibility index (Phi) is 6.60. The van der Waals surface area contributed by atoms with Gasteiger partial charge in [0, 0.05) is 5.56 Å². The fourth-order valence-electron chi connectivity index (χ4n) is 2.53. The highest BCUT2D eigenvalue weighted by Gasteiger charge is 2.13. The SMILES string of the molecule is CCCCOc1ccc(C(=O)Nc2nc3ccc(C(=O)OCC)cc3s2)cc1. The number of rotatable bonds is 8. The molecule has 0 saturated carbocycles. The molecule has 2 aromatic carbocycles. The van der Waals surface area contributed by atoms with Gasteiger partial charge in [-0.25, -0.2) is 9.78 Å². The first-order chi connectivity index (χ1) is 13.6. The molecule has 0 aliphatic carbocycles. The van der Waals surface area contributed by atoms with Crippen molar-refractivity contribution in [3.8, 4) is 5.75 Å². The first-order valence-electron chi connectivity index (χ1n) is 9.22. The molecule has 6 nitrogen and oxygen atoms in total. The molecule has 0 aliphatic heterocycles. The number of hydrogen-bond donors (Lipinski definition) is 1. The van der Waals surface area contributed by atoms with E-state index >= 15 is 0 Å². The highest BCUT2D eigenvalue weighted by atomic mass is 32.1. The van der Waals surface area contributed by atoms with E-state index in [1.807, 2.05) is 0 Å². The van der Waals surface area contributed by atoms with Crippen molar-refractivity contribution in [2.45, 2.75) is 26.7 Å². The molecule has 3 aromatic rings. The number of unbranched alkanes of at least 4 members (excludes halogenated alkanes) is 1. The van der Waals surface area contributed by atoms with E-state index in [1.165, 1.54) is 11.3 Å². The van der Waals surface area contributed by atoms with Crippen LogP contribution in [0.15, 0.2) is 42.5 Å². The number of nitrogens with zero attached hydrogens (tertiary/aromatic N) is 1. The van der Waals surface area contributed by atoms with E-state index in [4.69, 9.17) is 9.47 Å². The maximum atomic E-state index is 12.5. The van der Waals surface area contributed by atoms with Crippen LogP contribution in [0.4, 0.5) is 5.13 Å². The Hall–Kier alpha value is -2.93. The van der Waals surface area contributed by atoms with E-state index < -0.39 is 0 Å². The molecular weight excluding hydrogens is 376 g/mol. The van der Waals surface area contributed by atoms with Gasteiger partial charge in [0.25, 0.3) is 5.91 Å². The Labute approximate surface area is 167 Å². The molecule has 0 unspecified atom stereocenters. The average molecular weight is 398 g/mol. The van der Waals surface area contributed by atoms with Gasteiger partial charge in [0.2, 0.25) is 0 Å². The lowest BCUT2D eigenvalue weighted by Crippen LogP contribution is -2.11. The number of carbonyl (C=O) groups is 2. The number of benzene rings is 2. The summed E-state index contributed by atoms with van der Waals surface area (Å²) in [7, 11) is 0. The molecule has 0 atom stereocenters. The number of ether oxygens (including phenoxy) is 2. The van der Waals surface area contributed by atoms with Gasteiger partial charge in [-0.2, -0.15) is 0 Å². The van der Waals surface area contributed by atoms with Gasteiger partial charge in [-0.3, -0.25) is 10.1 Å². The maximum absolute atomic E-state index is 12.5. The molecule has 0 spiro atoms. The Morgan fingerprint density at radius 2 is 1.82 bits per heavy atom. The third kappa shape index (κ3) is 4.86. The molecule has 1 amide bonds. The minimum Gasteiger partial charge on any atom is -0.494 e. The van der Waals surface area contributed by atoms with Crippen LogP contribution in [0, 0.1) is 0 Å². The fraction of sp³-hybridized carbons (Fsp3) is 0.286. The molecule has 0 bridgehead atoms. The molecule has 146 valence electrons. The average Bonchev–Trinajstić information content (AvgIpc) is 3.10. The smallest absolute Gasteiger partial charge is 0.338 e. The van der Waals surface area contributed by atoms with Crippen LogP contribution < -0.4 is 10.1 Å². The summed E-state index contributed by atoms with van der Waals surface area (Å²) in [6, 6.07) is 12.2. The van der Waals surface area contributed by atoms with Crippen molar-refractivity contribution in [3.05, 3.63) is 53.6 Å². The van der Waals surface area contributed by atoms with Gasteiger partial charge in [0.15, 0.2) is 5.13 Å². The molecule has 1 heterocycles. The second-order valence-electron chi connectivity index (χ2n) is 6.10. The second-order valence-corrected chi connectivity index (χ2v) is 7.13. The van der Waals surface area contributed by atoms with Gasteiger partial charge in [-0.1, -0.05) is 24.7 Å². The molecule has 7 heteroatoms. The third-order valence-corrected chi connectivity index (χ3v) is 4.94. The Bertz CT molecular complexity index is 966. The summed E-state index contributed by atoms with van der Waals surface area (Å²) in [4.78, 5) is 28.7. The first kappa shape index (κ1) is 19.8. The molecule has 0 fully saturated rings. The predicted molar refractivity (Wildman–Crippen MR) is 110 cm³/mol. The summed E-state index contributed by atoms with van der Waals surface area (Å²) >= 11 is 1.31. The first-order valence-corrected chi connectivity index (χ1v) is 10.0. The Balaban J connectivity index is 1.68. The summed E-state index contributed by atoms with van der Waals surface area (Å²) in [5, 5.41) is 3.28. The maximum Gasteiger partial charge on any atom is 0.338 e. The van der Waals surface area contributed by atoms with Gasteiger partial charge < -0.3 is 9.47 Å². The van der Waals surface area contributed by atoms with E-state index in [9.17, 15) is 9.59 Å². The summed E-state index contributed by atoms with van der Waals surface area (Å²) in [6.07, 6.45) is 2.07. The summed E-state index contributed by atoms with van der Waals surface area (Å²) in [6.45, 7) is 4.86. The van der Waals surface area contributed by atoms with Crippen LogP contribution in [0.2, 0.25) is 0 Å². The van der Waals surface area contributed by atoms with Crippen LogP contribution in [-0.2, 0) is 4.74 Å². The lowest BCUT2D eigenvalue weighted by atomic mass is 10.2. The topological polar surface area (TPSA) is 77.5 Å². The zero-order valence-corrected chi connectivity index (χ0v) is 16.7. The number of esters is 1. The van der Waals surface area contributed by atoms with Crippen LogP contribution in [-0.4, -0.2) is 30.1 Å². The highest BCUT2D eigenvalue weighted by Crippen LogP contribution is 2.27. The largest absolute Gasteiger partial charge is 0.494 e. The van der Waals surface area contributed by atoms with Crippen molar-refractivity contribution in [1.82, 2.24) is 4.98 Å². The number of carbonyl (C=O) groups excluding carboxylic acids is 2. The number of aromatic nitrogens is 1. The minimum atomic E-state index is -0.371. The lowest BCUT2D eigenvalue weighted by Gasteiger charge is -2.06. The standard InChI is InChI=1S/C21H22N2O4S/c1-3-5-12-27-16-9-6-14(7-10-16)19(24)23-21-22-17-11-8-15(13-18(17)28-21)20(25)26-4-2/h6-11,13H,3-5,12H2,1-2H3,(H,22,23,24). The zero-order valence-electron chi connectivity index (χ0n) is 15.9. The molecule has 1 aromatic heterocycles. The minimum absolute atomic E-state index is 0.246. The van der Waals surface area contributed by atoms with Crippen LogP contribution >= 0.6 is 11.3 Å². The number of amides is 1. The quantitative estimate of drug-likeness (QED) is 0.431. The lowest BCUT2D eigenvalue weighted by molar-refractivity contribution is 0.0526. The van der Waals surface area contributed by atoms with Crippen molar-refractivity contribution in [2.75, 3.05) is 18.5 Å². The molecule has 28 heavy (non-hydrogen) atoms. The molecule has 3 rings (SSSR count).